The van der Waals surface area contributed by atoms with Crippen LogP contribution >= 0.6 is 0 Å². The fourth-order valence-electron chi connectivity index (χ4n) is 1.88. The fraction of sp³-hybridized carbons (Fsp3) is 0.278. The number of rotatable bonds is 4. The minimum absolute atomic E-state index is 0.919. The highest BCUT2D eigenvalue weighted by Gasteiger charge is 2.08. The van der Waals surface area contributed by atoms with Crippen molar-refractivity contribution in [2.24, 2.45) is 0 Å². The van der Waals surface area contributed by atoms with E-state index in [-0.39, 0.29) is 0 Å². The second-order valence-corrected chi connectivity index (χ2v) is 4.54. The maximum absolute atomic E-state index is 4.43. The van der Waals surface area contributed by atoms with E-state index in [0.29, 0.717) is 0 Å². The molecular formula is C18H24N2. The summed E-state index contributed by atoms with van der Waals surface area (Å²) in [5.41, 5.74) is 4.32. The molecule has 0 radical (unpaired) electrons. The topological polar surface area (TPSA) is 17.8 Å². The number of allylic oxidation sites excluding steroid dienone is 4. The molecule has 0 aliphatic rings. The molecule has 0 spiro atoms. The summed E-state index contributed by atoms with van der Waals surface area (Å²) >= 11 is 0. The first-order valence-electron chi connectivity index (χ1n) is 7.12. The Labute approximate surface area is 122 Å². The number of hydrogen-bond donors (Lipinski definition) is 0. The summed E-state index contributed by atoms with van der Waals surface area (Å²) in [6.07, 6.45) is 11.7. The highest BCUT2D eigenvalue weighted by molar-refractivity contribution is 5.84. The third-order valence-corrected chi connectivity index (χ3v) is 2.75. The highest BCUT2D eigenvalue weighted by Crippen LogP contribution is 2.22. The molecule has 2 aromatic heterocycles. The molecule has 0 unspecified atom stereocenters. The number of aromatic nitrogens is 2. The molecule has 0 bridgehead atoms. The van der Waals surface area contributed by atoms with Gasteiger partial charge in [0, 0.05) is 18.1 Å². The van der Waals surface area contributed by atoms with E-state index in [2.05, 4.69) is 55.7 Å². The molecule has 0 saturated heterocycles. The molecule has 0 aliphatic carbocycles. The van der Waals surface area contributed by atoms with Gasteiger partial charge in [0.1, 0.15) is 0 Å². The van der Waals surface area contributed by atoms with E-state index < -0.39 is 0 Å². The second-order valence-electron chi connectivity index (χ2n) is 4.54. The Morgan fingerprint density at radius 1 is 1.35 bits per heavy atom. The van der Waals surface area contributed by atoms with Crippen LogP contribution in [0.1, 0.15) is 32.8 Å². The van der Waals surface area contributed by atoms with E-state index in [9.17, 15) is 0 Å². The largest absolute Gasteiger partial charge is 0.315 e. The number of hydrogen-bond acceptors (Lipinski definition) is 1. The first-order valence-corrected chi connectivity index (χ1v) is 7.12. The van der Waals surface area contributed by atoms with Crippen molar-refractivity contribution in [2.75, 3.05) is 0 Å². The average Bonchev–Trinajstić information content (AvgIpc) is 2.84. The van der Waals surface area contributed by atoms with Gasteiger partial charge in [-0.2, -0.15) is 0 Å². The molecule has 0 aliphatic heterocycles. The monoisotopic (exact) mass is 268 g/mol. The zero-order chi connectivity index (χ0) is 15.0. The minimum atomic E-state index is 0.919. The van der Waals surface area contributed by atoms with Gasteiger partial charge in [0.2, 0.25) is 0 Å². The standard InChI is InChI=1S/C15H16N2.C3H8/c1-4-6-8-12(3)17-11-13(5-2)15-14(17)9-7-10-16-15;1-3-2/h4,6-11H,1,3,5H2,2H3;3H2,1-2H3/b8-6-;. The van der Waals surface area contributed by atoms with Gasteiger partial charge in [0.15, 0.2) is 0 Å². The lowest BCUT2D eigenvalue weighted by Crippen LogP contribution is -1.90. The molecule has 20 heavy (non-hydrogen) atoms. The van der Waals surface area contributed by atoms with Crippen molar-refractivity contribution in [1.29, 1.82) is 0 Å². The zero-order valence-corrected chi connectivity index (χ0v) is 12.8. The van der Waals surface area contributed by atoms with Crippen LogP contribution in [0.3, 0.4) is 0 Å². The van der Waals surface area contributed by atoms with E-state index in [0.717, 1.165) is 23.2 Å². The summed E-state index contributed by atoms with van der Waals surface area (Å²) in [7, 11) is 0. The minimum Gasteiger partial charge on any atom is -0.315 e. The Balaban J connectivity index is 0.000000612. The second kappa shape index (κ2) is 8.16. The van der Waals surface area contributed by atoms with E-state index in [4.69, 9.17) is 0 Å². The van der Waals surface area contributed by atoms with Gasteiger partial charge in [0.25, 0.3) is 0 Å². The fourth-order valence-corrected chi connectivity index (χ4v) is 1.88. The van der Waals surface area contributed by atoms with Crippen LogP contribution in [0.25, 0.3) is 16.7 Å². The summed E-state index contributed by atoms with van der Waals surface area (Å²) in [5.74, 6) is 0. The van der Waals surface area contributed by atoms with Gasteiger partial charge in [-0.25, -0.2) is 0 Å². The van der Waals surface area contributed by atoms with Crippen LogP contribution in [0.4, 0.5) is 0 Å². The highest BCUT2D eigenvalue weighted by atomic mass is 15.0. The molecule has 0 aromatic carbocycles. The Hall–Kier alpha value is -2.09. The van der Waals surface area contributed by atoms with Crippen LogP contribution < -0.4 is 0 Å². The summed E-state index contributed by atoms with van der Waals surface area (Å²) in [6, 6.07) is 4.01. The molecule has 0 N–H and O–H groups in total. The third-order valence-electron chi connectivity index (χ3n) is 2.75. The Morgan fingerprint density at radius 3 is 2.65 bits per heavy atom. The van der Waals surface area contributed by atoms with Crippen molar-refractivity contribution < 1.29 is 0 Å². The summed E-state index contributed by atoms with van der Waals surface area (Å²) in [5, 5.41) is 0. The molecule has 2 heterocycles. The first-order chi connectivity index (χ1) is 9.69. The number of nitrogens with zero attached hydrogens (tertiary/aromatic N) is 2. The van der Waals surface area contributed by atoms with Crippen LogP contribution in [0.15, 0.2) is 55.9 Å². The van der Waals surface area contributed by atoms with Gasteiger partial charge < -0.3 is 4.57 Å². The van der Waals surface area contributed by atoms with E-state index >= 15 is 0 Å². The Morgan fingerprint density at radius 2 is 2.05 bits per heavy atom. The molecule has 0 fully saturated rings. The molecule has 0 saturated carbocycles. The Bertz CT molecular complexity index is 603. The SMILES string of the molecule is C=C/C=C\C(=C)n1cc(CC)c2ncccc21.CCC. The van der Waals surface area contributed by atoms with Crippen molar-refractivity contribution in [3.8, 4) is 0 Å². The van der Waals surface area contributed by atoms with Crippen molar-refractivity contribution in [3.63, 3.8) is 0 Å². The van der Waals surface area contributed by atoms with Gasteiger partial charge >= 0.3 is 0 Å². The van der Waals surface area contributed by atoms with Gasteiger partial charge in [-0.3, -0.25) is 4.98 Å². The molecule has 0 amide bonds. The first kappa shape index (κ1) is 16.0. The number of fused-ring (bicyclic) bond motifs is 1. The van der Waals surface area contributed by atoms with Crippen molar-refractivity contribution in [2.45, 2.75) is 33.6 Å². The molecule has 2 nitrogen and oxygen atoms in total. The lowest BCUT2D eigenvalue weighted by atomic mass is 10.2. The average molecular weight is 268 g/mol. The van der Waals surface area contributed by atoms with Crippen LogP contribution in [-0.4, -0.2) is 9.55 Å². The molecule has 106 valence electrons. The van der Waals surface area contributed by atoms with E-state index in [1.54, 1.807) is 6.08 Å². The summed E-state index contributed by atoms with van der Waals surface area (Å²) in [6.45, 7) is 14.1. The van der Waals surface area contributed by atoms with Gasteiger partial charge in [-0.1, -0.05) is 52.5 Å². The van der Waals surface area contributed by atoms with Gasteiger partial charge in [0.05, 0.1) is 11.0 Å². The van der Waals surface area contributed by atoms with E-state index in [1.165, 1.54) is 12.0 Å². The quantitative estimate of drug-likeness (QED) is 0.694. The number of pyridine rings is 1. The van der Waals surface area contributed by atoms with Gasteiger partial charge in [-0.05, 0) is 30.2 Å². The maximum Gasteiger partial charge on any atom is 0.0916 e. The van der Waals surface area contributed by atoms with Crippen molar-refractivity contribution >= 4 is 16.7 Å². The van der Waals surface area contributed by atoms with Crippen LogP contribution in [0, 0.1) is 0 Å². The summed E-state index contributed by atoms with van der Waals surface area (Å²) < 4.78 is 2.07. The van der Waals surface area contributed by atoms with E-state index in [1.807, 2.05) is 24.4 Å². The van der Waals surface area contributed by atoms with Crippen LogP contribution in [0.5, 0.6) is 0 Å². The maximum atomic E-state index is 4.43. The smallest absolute Gasteiger partial charge is 0.0916 e. The Kier molecular flexibility index (Phi) is 6.51. The van der Waals surface area contributed by atoms with Gasteiger partial charge in [-0.15, -0.1) is 0 Å². The molecule has 2 aromatic rings. The zero-order valence-electron chi connectivity index (χ0n) is 12.8. The molecule has 0 atom stereocenters. The lowest BCUT2D eigenvalue weighted by molar-refractivity contribution is 1.09. The third kappa shape index (κ3) is 3.70. The van der Waals surface area contributed by atoms with Crippen LogP contribution in [0.2, 0.25) is 0 Å². The molecular weight excluding hydrogens is 244 g/mol. The normalized spacial score (nSPS) is 10.3. The number of aryl methyl sites for hydroxylation is 1. The van der Waals surface area contributed by atoms with Crippen molar-refractivity contribution in [1.82, 2.24) is 9.55 Å². The molecule has 2 rings (SSSR count). The van der Waals surface area contributed by atoms with Crippen LogP contribution in [-0.2, 0) is 6.42 Å². The predicted molar refractivity (Wildman–Crippen MR) is 89.7 cm³/mol. The summed E-state index contributed by atoms with van der Waals surface area (Å²) in [4.78, 5) is 4.43. The lowest BCUT2D eigenvalue weighted by Gasteiger charge is -2.03. The molecule has 2 heteroatoms. The van der Waals surface area contributed by atoms with Crippen molar-refractivity contribution in [3.05, 3.63) is 61.5 Å². The predicted octanol–water partition coefficient (Wildman–Crippen LogP) is 5.23.